The molecule has 1 heterocycles. The SMILES string of the molecule is CC[C@@H](C(=O)O)N1C(=O)/C(=C/c2cc(OC)c(OC)c(OC)c2)SC1=S. The molecule has 0 spiro atoms. The Labute approximate surface area is 160 Å². The number of rotatable bonds is 7. The van der Waals surface area contributed by atoms with Crippen LogP contribution in [0.1, 0.15) is 18.9 Å². The number of methoxy groups -OCH3 is 3. The van der Waals surface area contributed by atoms with Gasteiger partial charge < -0.3 is 19.3 Å². The van der Waals surface area contributed by atoms with E-state index in [1.807, 2.05) is 0 Å². The van der Waals surface area contributed by atoms with Gasteiger partial charge in [-0.1, -0.05) is 30.9 Å². The first-order valence-electron chi connectivity index (χ1n) is 7.67. The van der Waals surface area contributed by atoms with Gasteiger partial charge in [-0.15, -0.1) is 0 Å². The number of aliphatic carboxylic acids is 1. The number of carboxylic acids is 1. The molecular formula is C17H19NO6S2. The van der Waals surface area contributed by atoms with Crippen LogP contribution < -0.4 is 14.2 Å². The molecule has 1 aliphatic rings. The number of hydrogen-bond acceptors (Lipinski definition) is 7. The maximum atomic E-state index is 12.7. The molecule has 1 saturated heterocycles. The summed E-state index contributed by atoms with van der Waals surface area (Å²) >= 11 is 6.27. The van der Waals surface area contributed by atoms with Gasteiger partial charge in [-0.2, -0.15) is 0 Å². The largest absolute Gasteiger partial charge is 0.493 e. The van der Waals surface area contributed by atoms with Crippen molar-refractivity contribution in [3.8, 4) is 17.2 Å². The van der Waals surface area contributed by atoms with Gasteiger partial charge in [-0.3, -0.25) is 9.69 Å². The highest BCUT2D eigenvalue weighted by atomic mass is 32.2. The van der Waals surface area contributed by atoms with Gasteiger partial charge in [-0.25, -0.2) is 4.79 Å². The van der Waals surface area contributed by atoms with Crippen LogP contribution in [0, 0.1) is 0 Å². The Bertz CT molecular complexity index is 752. The molecule has 0 unspecified atom stereocenters. The van der Waals surface area contributed by atoms with Crippen molar-refractivity contribution in [1.29, 1.82) is 0 Å². The fourth-order valence-corrected chi connectivity index (χ4v) is 3.91. The zero-order valence-corrected chi connectivity index (χ0v) is 16.4. The normalized spacial score (nSPS) is 16.8. The molecule has 0 bridgehead atoms. The summed E-state index contributed by atoms with van der Waals surface area (Å²) in [5, 5.41) is 9.31. The number of ether oxygens (including phenoxy) is 3. The molecule has 1 N–H and O–H groups in total. The first-order valence-corrected chi connectivity index (χ1v) is 8.90. The highest BCUT2D eigenvalue weighted by Gasteiger charge is 2.39. The summed E-state index contributed by atoms with van der Waals surface area (Å²) in [5.41, 5.74) is 0.642. The van der Waals surface area contributed by atoms with Gasteiger partial charge in [-0.05, 0) is 30.2 Å². The third-order valence-electron chi connectivity index (χ3n) is 3.79. The molecule has 1 aliphatic heterocycles. The lowest BCUT2D eigenvalue weighted by Gasteiger charge is -2.21. The Morgan fingerprint density at radius 1 is 1.27 bits per heavy atom. The van der Waals surface area contributed by atoms with Gasteiger partial charge >= 0.3 is 5.97 Å². The van der Waals surface area contributed by atoms with E-state index in [1.165, 1.54) is 21.3 Å². The van der Waals surface area contributed by atoms with Crippen LogP contribution in [0.2, 0.25) is 0 Å². The first-order chi connectivity index (χ1) is 12.4. The van der Waals surface area contributed by atoms with Crippen molar-refractivity contribution in [1.82, 2.24) is 4.90 Å². The van der Waals surface area contributed by atoms with E-state index in [4.69, 9.17) is 26.4 Å². The molecule has 0 aliphatic carbocycles. The van der Waals surface area contributed by atoms with E-state index in [-0.39, 0.29) is 10.7 Å². The van der Waals surface area contributed by atoms with E-state index >= 15 is 0 Å². The molecule has 2 rings (SSSR count). The standard InChI is InChI=1S/C17H19NO6S2/c1-5-10(16(20)21)18-15(19)13(26-17(18)25)8-9-6-11(22-2)14(24-4)12(7-9)23-3/h6-8,10H,5H2,1-4H3,(H,20,21)/b13-8-/t10-/m0/s1. The number of carbonyl (C=O) groups excluding carboxylic acids is 1. The lowest BCUT2D eigenvalue weighted by Crippen LogP contribution is -2.43. The molecule has 7 nitrogen and oxygen atoms in total. The van der Waals surface area contributed by atoms with E-state index in [2.05, 4.69) is 0 Å². The smallest absolute Gasteiger partial charge is 0.326 e. The van der Waals surface area contributed by atoms with Crippen molar-refractivity contribution >= 4 is 46.3 Å². The minimum atomic E-state index is -1.09. The predicted octanol–water partition coefficient (Wildman–Crippen LogP) is 2.78. The zero-order chi connectivity index (χ0) is 19.4. The molecule has 9 heteroatoms. The molecule has 26 heavy (non-hydrogen) atoms. The van der Waals surface area contributed by atoms with E-state index in [9.17, 15) is 14.7 Å². The Kier molecular flexibility index (Phi) is 6.49. The van der Waals surface area contributed by atoms with Crippen LogP contribution in [0.25, 0.3) is 6.08 Å². The second-order valence-corrected chi connectivity index (χ2v) is 6.95. The number of thiocarbonyl (C=S) groups is 1. The minimum absolute atomic E-state index is 0.225. The molecule has 1 aromatic rings. The minimum Gasteiger partial charge on any atom is -0.493 e. The molecule has 0 radical (unpaired) electrons. The Hall–Kier alpha value is -2.26. The number of carboxylic acid groups (broad SMARTS) is 1. The Morgan fingerprint density at radius 2 is 1.85 bits per heavy atom. The van der Waals surface area contributed by atoms with Crippen molar-refractivity contribution in [3.05, 3.63) is 22.6 Å². The van der Waals surface area contributed by atoms with Crippen molar-refractivity contribution in [2.24, 2.45) is 0 Å². The number of thioether (sulfide) groups is 1. The fraction of sp³-hybridized carbons (Fsp3) is 0.353. The van der Waals surface area contributed by atoms with Crippen LogP contribution >= 0.6 is 24.0 Å². The van der Waals surface area contributed by atoms with Crippen molar-refractivity contribution in [2.75, 3.05) is 21.3 Å². The van der Waals surface area contributed by atoms with Crippen LogP contribution in [0.3, 0.4) is 0 Å². The quantitative estimate of drug-likeness (QED) is 0.555. The summed E-state index contributed by atoms with van der Waals surface area (Å²) in [5.74, 6) is -0.173. The van der Waals surface area contributed by atoms with Crippen molar-refractivity contribution < 1.29 is 28.9 Å². The second kappa shape index (κ2) is 8.41. The van der Waals surface area contributed by atoms with Crippen LogP contribution in [0.5, 0.6) is 17.2 Å². The average Bonchev–Trinajstić information content (AvgIpc) is 2.88. The van der Waals surface area contributed by atoms with Gasteiger partial charge in [0, 0.05) is 0 Å². The summed E-state index contributed by atoms with van der Waals surface area (Å²) in [6, 6.07) is 2.42. The summed E-state index contributed by atoms with van der Waals surface area (Å²) in [4.78, 5) is 25.5. The number of hydrogen-bond donors (Lipinski definition) is 1. The van der Waals surface area contributed by atoms with Gasteiger partial charge in [0.15, 0.2) is 11.5 Å². The lowest BCUT2D eigenvalue weighted by atomic mass is 10.1. The van der Waals surface area contributed by atoms with Gasteiger partial charge in [0.1, 0.15) is 10.4 Å². The number of nitrogens with zero attached hydrogens (tertiary/aromatic N) is 1. The van der Waals surface area contributed by atoms with Crippen molar-refractivity contribution in [3.63, 3.8) is 0 Å². The summed E-state index contributed by atoms with van der Waals surface area (Å²) < 4.78 is 16.1. The Morgan fingerprint density at radius 3 is 2.27 bits per heavy atom. The second-order valence-electron chi connectivity index (χ2n) is 5.27. The van der Waals surface area contributed by atoms with E-state index < -0.39 is 17.9 Å². The van der Waals surface area contributed by atoms with Crippen molar-refractivity contribution in [2.45, 2.75) is 19.4 Å². The number of benzene rings is 1. The number of carbonyl (C=O) groups is 2. The average molecular weight is 397 g/mol. The monoisotopic (exact) mass is 397 g/mol. The van der Waals surface area contributed by atoms with E-state index in [1.54, 1.807) is 25.1 Å². The van der Waals surface area contributed by atoms with E-state index in [0.717, 1.165) is 16.7 Å². The fourth-order valence-electron chi connectivity index (χ4n) is 2.55. The third kappa shape index (κ3) is 3.78. The molecule has 1 fully saturated rings. The molecule has 0 aromatic heterocycles. The maximum absolute atomic E-state index is 12.7. The van der Waals surface area contributed by atoms with Crippen LogP contribution in [-0.2, 0) is 9.59 Å². The summed E-state index contributed by atoms with van der Waals surface area (Å²) in [6.45, 7) is 1.69. The zero-order valence-electron chi connectivity index (χ0n) is 14.8. The molecule has 1 aromatic carbocycles. The third-order valence-corrected chi connectivity index (χ3v) is 5.12. The molecular weight excluding hydrogens is 378 g/mol. The van der Waals surface area contributed by atoms with Crippen LogP contribution in [0.15, 0.2) is 17.0 Å². The highest BCUT2D eigenvalue weighted by Crippen LogP contribution is 2.40. The molecule has 1 amide bonds. The number of amides is 1. The molecule has 1 atom stereocenters. The first kappa shape index (κ1) is 20.1. The predicted molar refractivity (Wildman–Crippen MR) is 103 cm³/mol. The van der Waals surface area contributed by atoms with E-state index in [0.29, 0.717) is 27.7 Å². The van der Waals surface area contributed by atoms with Gasteiger partial charge in [0.05, 0.1) is 26.2 Å². The van der Waals surface area contributed by atoms with Gasteiger partial charge in [0.2, 0.25) is 5.75 Å². The van der Waals surface area contributed by atoms with Crippen LogP contribution in [0.4, 0.5) is 0 Å². The Balaban J connectivity index is 2.43. The molecule has 0 saturated carbocycles. The van der Waals surface area contributed by atoms with Crippen LogP contribution in [-0.4, -0.2) is 53.6 Å². The highest BCUT2D eigenvalue weighted by molar-refractivity contribution is 8.26. The maximum Gasteiger partial charge on any atom is 0.326 e. The lowest BCUT2D eigenvalue weighted by molar-refractivity contribution is -0.145. The van der Waals surface area contributed by atoms with Gasteiger partial charge in [0.25, 0.3) is 5.91 Å². The summed E-state index contributed by atoms with van der Waals surface area (Å²) in [7, 11) is 4.50. The summed E-state index contributed by atoms with van der Waals surface area (Å²) in [6.07, 6.45) is 1.89. The molecule has 140 valence electrons. The topological polar surface area (TPSA) is 85.3 Å².